The average Bonchev–Trinajstić information content (AvgIpc) is 2.52. The normalized spacial score (nSPS) is 16.3. The molecule has 0 bridgehead atoms. The maximum atomic E-state index is 14.5. The summed E-state index contributed by atoms with van der Waals surface area (Å²) in [5.74, 6) is -0.666. The van der Waals surface area contributed by atoms with Gasteiger partial charge in [0.1, 0.15) is 5.82 Å². The first kappa shape index (κ1) is 18.7. The molecule has 0 unspecified atom stereocenters. The molecular weight excluding hydrogens is 309 g/mol. The van der Waals surface area contributed by atoms with Gasteiger partial charge >= 0.3 is 0 Å². The third kappa shape index (κ3) is 4.68. The van der Waals surface area contributed by atoms with Crippen LogP contribution in [0.5, 0.6) is 0 Å². The van der Waals surface area contributed by atoms with Crippen LogP contribution in [0.3, 0.4) is 0 Å². The lowest BCUT2D eigenvalue weighted by Gasteiger charge is -2.35. The highest BCUT2D eigenvalue weighted by Crippen LogP contribution is 2.23. The van der Waals surface area contributed by atoms with E-state index in [1.54, 1.807) is 33.0 Å². The van der Waals surface area contributed by atoms with Crippen LogP contribution in [0.25, 0.3) is 0 Å². The van der Waals surface area contributed by atoms with Crippen LogP contribution in [0.2, 0.25) is 0 Å². The maximum Gasteiger partial charge on any atom is 0.253 e. The lowest BCUT2D eigenvalue weighted by atomic mass is 10.1. The molecule has 1 amide bonds. The SMILES string of the molecule is CCN1CCN(c2ccc(C(=O)N(C)CC(C)(C)O)cc2F)CC1. The molecule has 1 aromatic carbocycles. The lowest BCUT2D eigenvalue weighted by Crippen LogP contribution is -2.46. The van der Waals surface area contributed by atoms with Gasteiger partial charge in [0.05, 0.1) is 11.3 Å². The quantitative estimate of drug-likeness (QED) is 0.890. The van der Waals surface area contributed by atoms with Crippen molar-refractivity contribution in [3.05, 3.63) is 29.6 Å². The van der Waals surface area contributed by atoms with E-state index in [4.69, 9.17) is 0 Å². The number of aliphatic hydroxyl groups is 1. The van der Waals surface area contributed by atoms with Crippen molar-refractivity contribution >= 4 is 11.6 Å². The Morgan fingerprint density at radius 1 is 1.29 bits per heavy atom. The van der Waals surface area contributed by atoms with Gasteiger partial charge in [-0.1, -0.05) is 6.92 Å². The van der Waals surface area contributed by atoms with Gasteiger partial charge in [-0.3, -0.25) is 4.79 Å². The molecular formula is C18H28FN3O2. The Bertz CT molecular complexity index is 578. The first-order valence-electron chi connectivity index (χ1n) is 8.46. The molecule has 1 aromatic rings. The number of rotatable bonds is 5. The Kier molecular flexibility index (Phi) is 5.83. The van der Waals surface area contributed by atoms with Crippen LogP contribution in [0.15, 0.2) is 18.2 Å². The molecule has 2 rings (SSSR count). The number of carbonyl (C=O) groups excluding carboxylic acids is 1. The number of anilines is 1. The van der Waals surface area contributed by atoms with E-state index >= 15 is 0 Å². The van der Waals surface area contributed by atoms with Crippen molar-refractivity contribution in [2.45, 2.75) is 26.4 Å². The van der Waals surface area contributed by atoms with Gasteiger partial charge in [0.25, 0.3) is 5.91 Å². The number of amides is 1. The van der Waals surface area contributed by atoms with E-state index in [0.29, 0.717) is 11.3 Å². The van der Waals surface area contributed by atoms with Gasteiger partial charge in [0, 0.05) is 45.3 Å². The number of benzene rings is 1. The molecule has 1 heterocycles. The van der Waals surface area contributed by atoms with E-state index in [2.05, 4.69) is 11.8 Å². The molecule has 0 atom stereocenters. The zero-order chi connectivity index (χ0) is 17.9. The van der Waals surface area contributed by atoms with Gasteiger partial charge in [0.15, 0.2) is 0 Å². The topological polar surface area (TPSA) is 47.0 Å². The van der Waals surface area contributed by atoms with Gasteiger partial charge < -0.3 is 19.8 Å². The van der Waals surface area contributed by atoms with E-state index in [1.807, 2.05) is 4.90 Å². The number of likely N-dealkylation sites (N-methyl/N-ethyl adjacent to an activating group) is 2. The van der Waals surface area contributed by atoms with Gasteiger partial charge in [-0.2, -0.15) is 0 Å². The molecule has 6 heteroatoms. The number of hydrogen-bond acceptors (Lipinski definition) is 4. The van der Waals surface area contributed by atoms with Gasteiger partial charge in [0.2, 0.25) is 0 Å². The summed E-state index contributed by atoms with van der Waals surface area (Å²) in [7, 11) is 1.61. The van der Waals surface area contributed by atoms with Crippen LogP contribution < -0.4 is 4.90 Å². The Labute approximate surface area is 143 Å². The first-order valence-corrected chi connectivity index (χ1v) is 8.46. The fourth-order valence-electron chi connectivity index (χ4n) is 3.07. The molecule has 1 fully saturated rings. The lowest BCUT2D eigenvalue weighted by molar-refractivity contribution is 0.0367. The summed E-state index contributed by atoms with van der Waals surface area (Å²) in [4.78, 5) is 18.1. The summed E-state index contributed by atoms with van der Waals surface area (Å²) >= 11 is 0. The molecule has 5 nitrogen and oxygen atoms in total. The summed E-state index contributed by atoms with van der Waals surface area (Å²) in [6.45, 7) is 10.0. The van der Waals surface area contributed by atoms with Crippen LogP contribution in [-0.4, -0.2) is 72.7 Å². The van der Waals surface area contributed by atoms with Crippen LogP contribution in [0, 0.1) is 5.82 Å². The second-order valence-corrected chi connectivity index (χ2v) is 7.06. The Balaban J connectivity index is 2.08. The minimum absolute atomic E-state index is 0.189. The molecule has 0 aromatic heterocycles. The zero-order valence-corrected chi connectivity index (χ0v) is 15.0. The summed E-state index contributed by atoms with van der Waals surface area (Å²) in [5.41, 5.74) is -0.135. The molecule has 24 heavy (non-hydrogen) atoms. The van der Waals surface area contributed by atoms with Crippen molar-refractivity contribution in [2.75, 3.05) is 51.2 Å². The van der Waals surface area contributed by atoms with Crippen molar-refractivity contribution in [1.29, 1.82) is 0 Å². The molecule has 1 aliphatic rings. The highest BCUT2D eigenvalue weighted by molar-refractivity contribution is 5.94. The second kappa shape index (κ2) is 7.49. The van der Waals surface area contributed by atoms with E-state index in [9.17, 15) is 14.3 Å². The van der Waals surface area contributed by atoms with E-state index in [0.717, 1.165) is 32.7 Å². The van der Waals surface area contributed by atoms with E-state index < -0.39 is 5.60 Å². The summed E-state index contributed by atoms with van der Waals surface area (Å²) in [5, 5.41) is 9.82. The van der Waals surface area contributed by atoms with Crippen molar-refractivity contribution in [3.63, 3.8) is 0 Å². The fourth-order valence-corrected chi connectivity index (χ4v) is 3.07. The molecule has 0 aliphatic carbocycles. The fraction of sp³-hybridized carbons (Fsp3) is 0.611. The third-order valence-electron chi connectivity index (χ3n) is 4.33. The molecule has 0 spiro atoms. The van der Waals surface area contributed by atoms with E-state index in [1.165, 1.54) is 11.0 Å². The summed E-state index contributed by atoms with van der Waals surface area (Å²) in [6, 6.07) is 4.64. The largest absolute Gasteiger partial charge is 0.389 e. The van der Waals surface area contributed by atoms with E-state index in [-0.39, 0.29) is 18.3 Å². The van der Waals surface area contributed by atoms with Crippen molar-refractivity contribution in [1.82, 2.24) is 9.80 Å². The Hall–Kier alpha value is -1.66. The molecule has 0 radical (unpaired) electrons. The number of hydrogen-bond donors (Lipinski definition) is 1. The highest BCUT2D eigenvalue weighted by atomic mass is 19.1. The predicted octanol–water partition coefficient (Wildman–Crippen LogP) is 1.81. The highest BCUT2D eigenvalue weighted by Gasteiger charge is 2.23. The number of halogens is 1. The van der Waals surface area contributed by atoms with Gasteiger partial charge in [-0.15, -0.1) is 0 Å². The number of nitrogens with zero attached hydrogens (tertiary/aromatic N) is 3. The summed E-state index contributed by atoms with van der Waals surface area (Å²) < 4.78 is 14.5. The van der Waals surface area contributed by atoms with Crippen LogP contribution in [-0.2, 0) is 0 Å². The second-order valence-electron chi connectivity index (χ2n) is 7.06. The third-order valence-corrected chi connectivity index (χ3v) is 4.33. The molecule has 134 valence electrons. The first-order chi connectivity index (χ1) is 11.2. The standard InChI is InChI=1S/C18H28FN3O2/c1-5-21-8-10-22(11-9-21)16-7-6-14(12-15(16)19)17(23)20(4)13-18(2,3)24/h6-7,12,24H,5,8-11,13H2,1-4H3. The molecule has 0 saturated carbocycles. The maximum absolute atomic E-state index is 14.5. The zero-order valence-electron chi connectivity index (χ0n) is 15.0. The molecule has 1 saturated heterocycles. The Morgan fingerprint density at radius 3 is 2.42 bits per heavy atom. The van der Waals surface area contributed by atoms with Crippen LogP contribution >= 0.6 is 0 Å². The smallest absolute Gasteiger partial charge is 0.253 e. The van der Waals surface area contributed by atoms with Crippen LogP contribution in [0.1, 0.15) is 31.1 Å². The van der Waals surface area contributed by atoms with Gasteiger partial charge in [-0.05, 0) is 38.6 Å². The molecule has 1 N–H and O–H groups in total. The minimum atomic E-state index is -0.984. The van der Waals surface area contributed by atoms with Crippen LogP contribution in [0.4, 0.5) is 10.1 Å². The Morgan fingerprint density at radius 2 is 1.92 bits per heavy atom. The van der Waals surface area contributed by atoms with Crippen molar-refractivity contribution < 1.29 is 14.3 Å². The average molecular weight is 337 g/mol. The number of carbonyl (C=O) groups is 1. The predicted molar refractivity (Wildman–Crippen MR) is 94.0 cm³/mol. The molecule has 1 aliphatic heterocycles. The van der Waals surface area contributed by atoms with Crippen molar-refractivity contribution in [2.24, 2.45) is 0 Å². The summed E-state index contributed by atoms with van der Waals surface area (Å²) in [6.07, 6.45) is 0. The van der Waals surface area contributed by atoms with Gasteiger partial charge in [-0.25, -0.2) is 4.39 Å². The number of piperazine rings is 1. The minimum Gasteiger partial charge on any atom is -0.389 e. The van der Waals surface area contributed by atoms with Crippen molar-refractivity contribution in [3.8, 4) is 0 Å². The monoisotopic (exact) mass is 337 g/mol.